The summed E-state index contributed by atoms with van der Waals surface area (Å²) in [6.45, 7) is 4.89. The summed E-state index contributed by atoms with van der Waals surface area (Å²) in [5.41, 5.74) is 2.82. The predicted octanol–water partition coefficient (Wildman–Crippen LogP) is 12.1. The van der Waals surface area contributed by atoms with Gasteiger partial charge in [-0.05, 0) is 72.1 Å². The lowest BCUT2D eigenvalue weighted by Gasteiger charge is -2.34. The number of imide groups is 2. The first kappa shape index (κ1) is 34.8. The Bertz CT molecular complexity index is 2170. The van der Waals surface area contributed by atoms with E-state index in [0.717, 1.165) is 67.8 Å². The lowest BCUT2D eigenvalue weighted by Crippen LogP contribution is -2.44. The molecule has 0 saturated carbocycles. The van der Waals surface area contributed by atoms with Crippen molar-refractivity contribution in [2.24, 2.45) is 0 Å². The van der Waals surface area contributed by atoms with Gasteiger partial charge in [0.2, 0.25) is 0 Å². The van der Waals surface area contributed by atoms with Crippen LogP contribution in [0.4, 0.5) is 0 Å². The first-order valence-corrected chi connectivity index (χ1v) is 21.5. The van der Waals surface area contributed by atoms with Crippen molar-refractivity contribution in [2.75, 3.05) is 13.1 Å². The zero-order valence-corrected chi connectivity index (χ0v) is 32.4. The zero-order chi connectivity index (χ0) is 35.9. The molecule has 10 heteroatoms. The average molecular weight is 763 g/mol. The molecule has 0 saturated heterocycles. The summed E-state index contributed by atoms with van der Waals surface area (Å²) in [5, 5.41) is 4.94. The van der Waals surface area contributed by atoms with Crippen LogP contribution in [0.3, 0.4) is 0 Å². The van der Waals surface area contributed by atoms with Crippen LogP contribution in [0.5, 0.6) is 0 Å². The number of carbonyl (C=O) groups is 4. The molecular formula is C42H38N2O4S4. The van der Waals surface area contributed by atoms with Crippen molar-refractivity contribution in [3.8, 4) is 40.4 Å². The highest BCUT2D eigenvalue weighted by Gasteiger charge is 2.43. The van der Waals surface area contributed by atoms with Crippen LogP contribution in [-0.2, 0) is 0 Å². The van der Waals surface area contributed by atoms with E-state index in [1.807, 2.05) is 47.2 Å². The molecule has 0 aliphatic carbocycles. The molecule has 2 aliphatic rings. The summed E-state index contributed by atoms with van der Waals surface area (Å²) in [4.78, 5) is 67.4. The summed E-state index contributed by atoms with van der Waals surface area (Å²) in [7, 11) is 0. The minimum atomic E-state index is -0.368. The lowest BCUT2D eigenvalue weighted by atomic mass is 9.80. The summed E-state index contributed by atoms with van der Waals surface area (Å²) in [6.07, 6.45) is 7.38. The first-order valence-electron chi connectivity index (χ1n) is 18.1. The van der Waals surface area contributed by atoms with Gasteiger partial charge in [-0.1, -0.05) is 64.5 Å². The minimum Gasteiger partial charge on any atom is -0.274 e. The van der Waals surface area contributed by atoms with Gasteiger partial charge in [-0.25, -0.2) is 0 Å². The molecule has 2 aliphatic heterocycles. The molecule has 0 bridgehead atoms. The second kappa shape index (κ2) is 14.7. The highest BCUT2D eigenvalue weighted by molar-refractivity contribution is 7.23. The van der Waals surface area contributed by atoms with Gasteiger partial charge >= 0.3 is 0 Å². The smallest absolute Gasteiger partial charge is 0.262 e. The molecular weight excluding hydrogens is 725 g/mol. The number of rotatable bonds is 14. The van der Waals surface area contributed by atoms with E-state index in [2.05, 4.69) is 38.1 Å². The second-order valence-corrected chi connectivity index (χ2v) is 17.4. The zero-order valence-electron chi connectivity index (χ0n) is 29.2. The van der Waals surface area contributed by atoms with Gasteiger partial charge in [0.15, 0.2) is 0 Å². The molecule has 0 fully saturated rings. The highest BCUT2D eigenvalue weighted by atomic mass is 32.1. The van der Waals surface area contributed by atoms with Crippen LogP contribution in [0.15, 0.2) is 71.4 Å². The Hall–Kier alpha value is -4.22. The number of amides is 4. The van der Waals surface area contributed by atoms with Crippen molar-refractivity contribution in [3.63, 3.8) is 0 Å². The fourth-order valence-electron chi connectivity index (χ4n) is 7.42. The van der Waals surface area contributed by atoms with E-state index in [0.29, 0.717) is 70.1 Å². The van der Waals surface area contributed by atoms with E-state index >= 15 is 0 Å². The maximum atomic E-state index is 14.7. The third kappa shape index (κ3) is 5.99. The van der Waals surface area contributed by atoms with Gasteiger partial charge in [0.1, 0.15) is 0 Å². The van der Waals surface area contributed by atoms with Crippen LogP contribution in [0.2, 0.25) is 0 Å². The lowest BCUT2D eigenvalue weighted by molar-refractivity contribution is 0.0587. The maximum absolute atomic E-state index is 14.7. The second-order valence-electron chi connectivity index (χ2n) is 13.4. The first-order chi connectivity index (χ1) is 25.4. The predicted molar refractivity (Wildman–Crippen MR) is 216 cm³/mol. The number of thiophene rings is 4. The van der Waals surface area contributed by atoms with Gasteiger partial charge in [-0.2, -0.15) is 0 Å². The summed E-state index contributed by atoms with van der Waals surface area (Å²) >= 11 is 6.44. The van der Waals surface area contributed by atoms with Crippen molar-refractivity contribution < 1.29 is 19.2 Å². The van der Waals surface area contributed by atoms with Crippen molar-refractivity contribution in [1.82, 2.24) is 9.80 Å². The Morgan fingerprint density at radius 2 is 0.885 bits per heavy atom. The molecule has 4 aromatic heterocycles. The van der Waals surface area contributed by atoms with E-state index in [1.54, 1.807) is 45.3 Å². The Balaban J connectivity index is 1.38. The summed E-state index contributed by atoms with van der Waals surface area (Å²) in [6, 6.07) is 20.0. The number of hydrogen-bond donors (Lipinski definition) is 0. The van der Waals surface area contributed by atoms with E-state index < -0.39 is 0 Å². The topological polar surface area (TPSA) is 74.8 Å². The normalized spacial score (nSPS) is 14.0. The standard InChI is InChI=1S/C42H38N2O4S4/c1-3-5-7-9-19-43-39(45)27-23-26(30-16-18-34(52-30)32-14-12-22-50-32)38-36-28(40(46)44(42(38)48)20-10-8-6-4-2)24-25(37(35(27)36)41(43)47)29-15-17-33(51-29)31-13-11-21-49-31/h11-18,21-24H,3-10,19-20H2,1-2H3. The van der Waals surface area contributed by atoms with E-state index in [1.165, 1.54) is 9.80 Å². The number of benzene rings is 2. The van der Waals surface area contributed by atoms with Crippen LogP contribution in [0.1, 0.15) is 107 Å². The van der Waals surface area contributed by atoms with Crippen LogP contribution < -0.4 is 0 Å². The molecule has 0 N–H and O–H groups in total. The van der Waals surface area contributed by atoms with Crippen molar-refractivity contribution >= 4 is 79.7 Å². The van der Waals surface area contributed by atoms with Crippen LogP contribution >= 0.6 is 45.3 Å². The maximum Gasteiger partial charge on any atom is 0.262 e. The third-order valence-corrected chi connectivity index (χ3v) is 14.4. The monoisotopic (exact) mass is 762 g/mol. The molecule has 2 aromatic carbocycles. The van der Waals surface area contributed by atoms with E-state index in [-0.39, 0.29) is 23.6 Å². The quantitative estimate of drug-likeness (QED) is 0.0818. The van der Waals surface area contributed by atoms with Gasteiger partial charge in [-0.3, -0.25) is 29.0 Å². The number of carbonyl (C=O) groups excluding carboxylic acids is 4. The molecule has 6 aromatic rings. The Kier molecular flexibility index (Phi) is 9.82. The molecule has 0 spiro atoms. The fourth-order valence-corrected chi connectivity index (χ4v) is 11.1. The van der Waals surface area contributed by atoms with Crippen LogP contribution in [0, 0.1) is 0 Å². The number of nitrogens with zero attached hydrogens (tertiary/aromatic N) is 2. The Labute approximate surface area is 319 Å². The van der Waals surface area contributed by atoms with Gasteiger partial charge in [-0.15, -0.1) is 45.3 Å². The Morgan fingerprint density at radius 3 is 1.27 bits per heavy atom. The number of hydrogen-bond acceptors (Lipinski definition) is 8. The third-order valence-electron chi connectivity index (χ3n) is 10.0. The molecule has 6 heterocycles. The largest absolute Gasteiger partial charge is 0.274 e. The van der Waals surface area contributed by atoms with Gasteiger partial charge in [0, 0.05) is 75.4 Å². The van der Waals surface area contributed by atoms with E-state index in [9.17, 15) is 19.2 Å². The van der Waals surface area contributed by atoms with Crippen molar-refractivity contribution in [1.29, 1.82) is 0 Å². The molecule has 0 atom stereocenters. The molecule has 4 amide bonds. The van der Waals surface area contributed by atoms with Crippen molar-refractivity contribution in [2.45, 2.75) is 65.2 Å². The SMILES string of the molecule is CCCCCCN1C(=O)c2cc(-c3ccc(-c4cccs4)s3)c3c4c(cc(-c5ccc(-c6cccs6)s5)c(c24)C1=O)C(=O)N(CCCCCC)C3=O. The minimum absolute atomic E-state index is 0.312. The van der Waals surface area contributed by atoms with Gasteiger partial charge in [0.25, 0.3) is 23.6 Å². The van der Waals surface area contributed by atoms with Gasteiger partial charge < -0.3 is 0 Å². The average Bonchev–Trinajstić information content (AvgIpc) is 3.99. The molecule has 264 valence electrons. The van der Waals surface area contributed by atoms with Crippen molar-refractivity contribution in [3.05, 3.63) is 93.7 Å². The number of unbranched alkanes of at least 4 members (excludes halogenated alkanes) is 6. The van der Waals surface area contributed by atoms with Crippen LogP contribution in [0.25, 0.3) is 51.2 Å². The Morgan fingerprint density at radius 1 is 0.462 bits per heavy atom. The molecule has 6 nitrogen and oxygen atoms in total. The molecule has 52 heavy (non-hydrogen) atoms. The van der Waals surface area contributed by atoms with E-state index in [4.69, 9.17) is 0 Å². The summed E-state index contributed by atoms with van der Waals surface area (Å²) in [5.74, 6) is -1.46. The molecule has 0 unspecified atom stereocenters. The molecule has 8 rings (SSSR count). The fraction of sp³-hybridized carbons (Fsp3) is 0.286. The summed E-state index contributed by atoms with van der Waals surface area (Å²) < 4.78 is 0. The molecule has 0 radical (unpaired) electrons. The van der Waals surface area contributed by atoms with Crippen LogP contribution in [-0.4, -0.2) is 46.5 Å². The highest BCUT2D eigenvalue weighted by Crippen LogP contribution is 2.49. The van der Waals surface area contributed by atoms with Gasteiger partial charge in [0.05, 0.1) is 11.1 Å².